The second kappa shape index (κ2) is 9.12. The molecule has 2 aliphatic rings. The summed E-state index contributed by atoms with van der Waals surface area (Å²) in [5.74, 6) is 0.812. The van der Waals surface area contributed by atoms with Crippen molar-refractivity contribution in [3.63, 3.8) is 0 Å². The molecule has 2 aromatic rings. The molecule has 0 bridgehead atoms. The van der Waals surface area contributed by atoms with Gasteiger partial charge in [-0.1, -0.05) is 12.1 Å². The van der Waals surface area contributed by atoms with Gasteiger partial charge >= 0.3 is 0 Å². The number of rotatable bonds is 6. The molecule has 0 unspecified atom stereocenters. The first-order chi connectivity index (χ1) is 15.0. The van der Waals surface area contributed by atoms with Crippen LogP contribution in [0.3, 0.4) is 0 Å². The Kier molecular flexibility index (Phi) is 6.30. The fourth-order valence-electron chi connectivity index (χ4n) is 4.24. The summed E-state index contributed by atoms with van der Waals surface area (Å²) in [6.45, 7) is 11.4. The van der Waals surface area contributed by atoms with E-state index >= 15 is 0 Å². The number of fused-ring (bicyclic) bond motifs is 1. The van der Waals surface area contributed by atoms with Gasteiger partial charge in [-0.15, -0.1) is 0 Å². The molecule has 0 radical (unpaired) electrons. The SMILES string of the molecule is CCN(CC)c1ccc(/C=C2\Oc3c(CN4CCOCC4)c(O)cc(C)c3C2=O)cc1. The first kappa shape index (κ1) is 21.4. The Morgan fingerprint density at radius 1 is 1.13 bits per heavy atom. The number of anilines is 1. The van der Waals surface area contributed by atoms with E-state index in [2.05, 4.69) is 35.8 Å². The number of hydrogen-bond acceptors (Lipinski definition) is 6. The molecule has 1 saturated heterocycles. The maximum absolute atomic E-state index is 13.1. The molecule has 2 aliphatic heterocycles. The van der Waals surface area contributed by atoms with Crippen molar-refractivity contribution in [2.24, 2.45) is 0 Å². The number of ketones is 1. The Balaban J connectivity index is 1.62. The Labute approximate surface area is 183 Å². The van der Waals surface area contributed by atoms with Crippen molar-refractivity contribution >= 4 is 17.5 Å². The molecule has 0 atom stereocenters. The summed E-state index contributed by atoms with van der Waals surface area (Å²) in [5, 5.41) is 10.6. The van der Waals surface area contributed by atoms with E-state index in [0.29, 0.717) is 42.4 Å². The van der Waals surface area contributed by atoms with Crippen molar-refractivity contribution < 1.29 is 19.4 Å². The Hall–Kier alpha value is -2.83. The minimum absolute atomic E-state index is 0.136. The van der Waals surface area contributed by atoms with Crippen LogP contribution < -0.4 is 9.64 Å². The molecule has 0 spiro atoms. The lowest BCUT2D eigenvalue weighted by atomic mass is 9.99. The van der Waals surface area contributed by atoms with E-state index in [1.807, 2.05) is 19.1 Å². The number of carbonyl (C=O) groups excluding carboxylic acids is 1. The summed E-state index contributed by atoms with van der Waals surface area (Å²) >= 11 is 0. The van der Waals surface area contributed by atoms with Crippen LogP contribution in [-0.4, -0.2) is 55.2 Å². The van der Waals surface area contributed by atoms with Crippen LogP contribution >= 0.6 is 0 Å². The number of ether oxygens (including phenoxy) is 2. The predicted octanol–water partition coefficient (Wildman–Crippen LogP) is 4.00. The number of phenolic OH excluding ortho intramolecular Hbond substituents is 1. The summed E-state index contributed by atoms with van der Waals surface area (Å²) in [6.07, 6.45) is 1.78. The van der Waals surface area contributed by atoms with Crippen molar-refractivity contribution in [3.8, 4) is 11.5 Å². The molecule has 1 fully saturated rings. The average Bonchev–Trinajstić information content (AvgIpc) is 3.10. The van der Waals surface area contributed by atoms with Crippen LogP contribution in [0.2, 0.25) is 0 Å². The van der Waals surface area contributed by atoms with Gasteiger partial charge in [-0.05, 0) is 56.2 Å². The number of benzene rings is 2. The molecule has 2 heterocycles. The third-order valence-electron chi connectivity index (χ3n) is 6.03. The number of aryl methyl sites for hydroxylation is 1. The normalized spacial score (nSPS) is 17.6. The molecular formula is C25H30N2O4. The Morgan fingerprint density at radius 3 is 2.45 bits per heavy atom. The van der Waals surface area contributed by atoms with Crippen molar-refractivity contribution in [3.05, 3.63) is 58.3 Å². The van der Waals surface area contributed by atoms with Gasteiger partial charge in [0.05, 0.1) is 24.3 Å². The van der Waals surface area contributed by atoms with E-state index in [-0.39, 0.29) is 11.5 Å². The van der Waals surface area contributed by atoms with Crippen LogP contribution in [-0.2, 0) is 11.3 Å². The minimum Gasteiger partial charge on any atom is -0.507 e. The number of hydrogen-bond donors (Lipinski definition) is 1. The van der Waals surface area contributed by atoms with Crippen LogP contribution in [0, 0.1) is 6.92 Å². The number of nitrogens with zero attached hydrogens (tertiary/aromatic N) is 2. The van der Waals surface area contributed by atoms with Crippen molar-refractivity contribution in [2.75, 3.05) is 44.3 Å². The van der Waals surface area contributed by atoms with Crippen LogP contribution in [0.15, 0.2) is 36.1 Å². The fourth-order valence-corrected chi connectivity index (χ4v) is 4.24. The zero-order chi connectivity index (χ0) is 22.0. The number of Topliss-reactive ketones (excluding diaryl/α,β-unsaturated/α-hetero) is 1. The Bertz CT molecular complexity index is 988. The zero-order valence-corrected chi connectivity index (χ0v) is 18.5. The van der Waals surface area contributed by atoms with Crippen molar-refractivity contribution in [1.82, 2.24) is 4.90 Å². The third-order valence-corrected chi connectivity index (χ3v) is 6.03. The van der Waals surface area contributed by atoms with E-state index in [1.165, 1.54) is 0 Å². The van der Waals surface area contributed by atoms with Gasteiger partial charge in [0.15, 0.2) is 5.76 Å². The molecule has 2 aromatic carbocycles. The van der Waals surface area contributed by atoms with Gasteiger partial charge in [0.2, 0.25) is 5.78 Å². The largest absolute Gasteiger partial charge is 0.507 e. The number of morpholine rings is 1. The lowest BCUT2D eigenvalue weighted by Gasteiger charge is -2.27. The van der Waals surface area contributed by atoms with Gasteiger partial charge in [0, 0.05) is 38.4 Å². The first-order valence-electron chi connectivity index (χ1n) is 11.0. The number of carbonyl (C=O) groups is 1. The quantitative estimate of drug-likeness (QED) is 0.710. The molecule has 4 rings (SSSR count). The summed E-state index contributed by atoms with van der Waals surface area (Å²) < 4.78 is 11.5. The molecule has 31 heavy (non-hydrogen) atoms. The summed E-state index contributed by atoms with van der Waals surface area (Å²) in [6, 6.07) is 9.79. The van der Waals surface area contributed by atoms with Crippen LogP contribution in [0.5, 0.6) is 11.5 Å². The summed E-state index contributed by atoms with van der Waals surface area (Å²) in [4.78, 5) is 17.6. The predicted molar refractivity (Wildman–Crippen MR) is 122 cm³/mol. The van der Waals surface area contributed by atoms with Crippen molar-refractivity contribution in [2.45, 2.75) is 27.3 Å². The van der Waals surface area contributed by atoms with Crippen LogP contribution in [0.25, 0.3) is 6.08 Å². The third kappa shape index (κ3) is 4.31. The highest BCUT2D eigenvalue weighted by Crippen LogP contribution is 2.42. The maximum Gasteiger partial charge on any atom is 0.232 e. The highest BCUT2D eigenvalue weighted by molar-refractivity contribution is 6.15. The molecule has 6 heteroatoms. The number of phenols is 1. The summed E-state index contributed by atoms with van der Waals surface area (Å²) in [5.41, 5.74) is 4.00. The fraction of sp³-hybridized carbons (Fsp3) is 0.400. The number of allylic oxidation sites excluding steroid dienone is 1. The van der Waals surface area contributed by atoms with E-state index < -0.39 is 0 Å². The smallest absolute Gasteiger partial charge is 0.232 e. The second-order valence-electron chi connectivity index (χ2n) is 7.99. The van der Waals surface area contributed by atoms with Gasteiger partial charge in [-0.25, -0.2) is 0 Å². The Morgan fingerprint density at radius 2 is 1.81 bits per heavy atom. The average molecular weight is 423 g/mol. The van der Waals surface area contributed by atoms with Crippen LogP contribution in [0.1, 0.15) is 40.9 Å². The highest BCUT2D eigenvalue weighted by Gasteiger charge is 2.33. The van der Waals surface area contributed by atoms with E-state index in [1.54, 1.807) is 12.1 Å². The molecular weight excluding hydrogens is 392 g/mol. The molecule has 164 valence electrons. The highest BCUT2D eigenvalue weighted by atomic mass is 16.5. The van der Waals surface area contributed by atoms with Gasteiger partial charge < -0.3 is 19.5 Å². The standard InChI is InChI=1S/C25H30N2O4/c1-4-27(5-2)19-8-6-18(7-9-19)15-22-24(29)23-17(3)14-21(28)20(25(23)31-22)16-26-10-12-30-13-11-26/h6-9,14-15,28H,4-5,10-13,16H2,1-3H3/b22-15-. The van der Waals surface area contributed by atoms with Crippen molar-refractivity contribution in [1.29, 1.82) is 0 Å². The van der Waals surface area contributed by atoms with E-state index in [9.17, 15) is 9.90 Å². The maximum atomic E-state index is 13.1. The summed E-state index contributed by atoms with van der Waals surface area (Å²) in [7, 11) is 0. The van der Waals surface area contributed by atoms with Gasteiger partial charge in [-0.2, -0.15) is 0 Å². The molecule has 0 amide bonds. The van der Waals surface area contributed by atoms with E-state index in [0.717, 1.165) is 43.0 Å². The molecule has 0 aliphatic carbocycles. The molecule has 1 N–H and O–H groups in total. The molecule has 6 nitrogen and oxygen atoms in total. The molecule has 0 aromatic heterocycles. The zero-order valence-electron chi connectivity index (χ0n) is 18.5. The van der Waals surface area contributed by atoms with Gasteiger partial charge in [-0.3, -0.25) is 9.69 Å². The monoisotopic (exact) mass is 422 g/mol. The molecule has 0 saturated carbocycles. The lowest BCUT2D eigenvalue weighted by molar-refractivity contribution is 0.0336. The topological polar surface area (TPSA) is 62.2 Å². The van der Waals surface area contributed by atoms with E-state index in [4.69, 9.17) is 9.47 Å². The van der Waals surface area contributed by atoms with Gasteiger partial charge in [0.25, 0.3) is 0 Å². The lowest BCUT2D eigenvalue weighted by Crippen LogP contribution is -2.35. The number of aromatic hydroxyl groups is 1. The second-order valence-corrected chi connectivity index (χ2v) is 7.99. The minimum atomic E-state index is -0.136. The van der Waals surface area contributed by atoms with Crippen LogP contribution in [0.4, 0.5) is 5.69 Å². The first-order valence-corrected chi connectivity index (χ1v) is 11.0. The van der Waals surface area contributed by atoms with Gasteiger partial charge in [0.1, 0.15) is 11.5 Å².